The lowest BCUT2D eigenvalue weighted by Gasteiger charge is -2.22. The van der Waals surface area contributed by atoms with Crippen molar-refractivity contribution in [2.45, 2.75) is 11.1 Å². The number of halogens is 4. The molecular weight excluding hydrogens is 291 g/mol. The van der Waals surface area contributed by atoms with E-state index in [1.54, 1.807) is 6.07 Å². The zero-order valence-corrected chi connectivity index (χ0v) is 10.8. The molecule has 8 heteroatoms. The number of benzene rings is 1. The van der Waals surface area contributed by atoms with Gasteiger partial charge in [0.25, 0.3) is 0 Å². The second-order valence-electron chi connectivity index (χ2n) is 3.46. The highest BCUT2D eigenvalue weighted by Gasteiger charge is 2.36. The van der Waals surface area contributed by atoms with Gasteiger partial charge in [0.2, 0.25) is 10.0 Å². The summed E-state index contributed by atoms with van der Waals surface area (Å²) < 4.78 is 61.2. The predicted octanol–water partition coefficient (Wildman–Crippen LogP) is 2.48. The van der Waals surface area contributed by atoms with E-state index in [4.69, 9.17) is 11.6 Å². The fourth-order valence-corrected chi connectivity index (χ4v) is 3.07. The van der Waals surface area contributed by atoms with Crippen LogP contribution in [0.1, 0.15) is 0 Å². The average Bonchev–Trinajstić information content (AvgIpc) is 2.28. The molecule has 0 aliphatic heterocycles. The molecule has 0 bridgehead atoms. The van der Waals surface area contributed by atoms with Crippen molar-refractivity contribution in [2.75, 3.05) is 19.0 Å². The molecule has 0 aliphatic carbocycles. The zero-order valence-electron chi connectivity index (χ0n) is 9.19. The number of hydrogen-bond donors (Lipinski definition) is 0. The molecule has 0 atom stereocenters. The molecular formula is C10H11ClF3NO2S. The van der Waals surface area contributed by atoms with E-state index in [0.717, 1.165) is 0 Å². The summed E-state index contributed by atoms with van der Waals surface area (Å²) in [5, 5.41) is 0. The van der Waals surface area contributed by atoms with Gasteiger partial charge >= 0.3 is 6.18 Å². The average molecular weight is 302 g/mol. The van der Waals surface area contributed by atoms with Gasteiger partial charge in [0.05, 0.1) is 4.90 Å². The minimum absolute atomic E-state index is 0.181. The lowest BCUT2D eigenvalue weighted by Crippen LogP contribution is -2.40. The maximum atomic E-state index is 12.3. The van der Waals surface area contributed by atoms with Crippen molar-refractivity contribution in [2.24, 2.45) is 0 Å². The minimum atomic E-state index is -4.60. The Hall–Kier alpha value is -0.790. The van der Waals surface area contributed by atoms with Gasteiger partial charge in [-0.15, -0.1) is 11.6 Å². The fourth-order valence-electron chi connectivity index (χ4n) is 1.32. The van der Waals surface area contributed by atoms with E-state index in [-0.39, 0.29) is 10.8 Å². The van der Waals surface area contributed by atoms with Gasteiger partial charge in [-0.05, 0) is 12.1 Å². The van der Waals surface area contributed by atoms with Crippen LogP contribution >= 0.6 is 11.6 Å². The third-order valence-electron chi connectivity index (χ3n) is 2.07. The van der Waals surface area contributed by atoms with Crippen molar-refractivity contribution in [1.29, 1.82) is 0 Å². The van der Waals surface area contributed by atoms with Crippen LogP contribution in [0.2, 0.25) is 0 Å². The van der Waals surface area contributed by atoms with Crippen LogP contribution in [0.25, 0.3) is 0 Å². The van der Waals surface area contributed by atoms with Gasteiger partial charge in [-0.1, -0.05) is 18.2 Å². The molecule has 0 aromatic heterocycles. The molecule has 0 saturated carbocycles. The summed E-state index contributed by atoms with van der Waals surface area (Å²) in [6, 6.07) is 6.95. The molecule has 0 aliphatic rings. The highest BCUT2D eigenvalue weighted by atomic mass is 35.5. The molecule has 0 fully saturated rings. The van der Waals surface area contributed by atoms with Crippen molar-refractivity contribution < 1.29 is 21.6 Å². The highest BCUT2D eigenvalue weighted by Crippen LogP contribution is 2.22. The lowest BCUT2D eigenvalue weighted by molar-refractivity contribution is -0.135. The molecule has 102 valence electrons. The second-order valence-corrected chi connectivity index (χ2v) is 5.77. The molecule has 0 radical (unpaired) electrons. The largest absolute Gasteiger partial charge is 0.402 e. The van der Waals surface area contributed by atoms with E-state index in [1.165, 1.54) is 24.3 Å². The summed E-state index contributed by atoms with van der Waals surface area (Å²) in [7, 11) is -4.17. The summed E-state index contributed by atoms with van der Waals surface area (Å²) in [6.45, 7) is -1.94. The van der Waals surface area contributed by atoms with Crippen molar-refractivity contribution in [1.82, 2.24) is 4.31 Å². The standard InChI is InChI=1S/C10H11ClF3NO2S/c11-6-7-15(8-10(12,13)14)18(16,17)9-4-2-1-3-5-9/h1-5H,6-8H2. The molecule has 0 saturated heterocycles. The Labute approximate surface area is 108 Å². The van der Waals surface area contributed by atoms with Crippen LogP contribution in [0.3, 0.4) is 0 Å². The van der Waals surface area contributed by atoms with Gasteiger partial charge in [-0.3, -0.25) is 0 Å². The first-order valence-corrected chi connectivity index (χ1v) is 6.93. The Morgan fingerprint density at radius 3 is 2.17 bits per heavy atom. The van der Waals surface area contributed by atoms with E-state index in [0.29, 0.717) is 4.31 Å². The molecule has 0 N–H and O–H groups in total. The van der Waals surface area contributed by atoms with E-state index in [1.807, 2.05) is 0 Å². The Balaban J connectivity index is 3.05. The van der Waals surface area contributed by atoms with Gasteiger partial charge in [-0.25, -0.2) is 8.42 Å². The monoisotopic (exact) mass is 301 g/mol. The van der Waals surface area contributed by atoms with Crippen molar-refractivity contribution >= 4 is 21.6 Å². The summed E-state index contributed by atoms with van der Waals surface area (Å²) in [4.78, 5) is -0.181. The Morgan fingerprint density at radius 1 is 1.17 bits per heavy atom. The molecule has 0 amide bonds. The van der Waals surface area contributed by atoms with Crippen LogP contribution < -0.4 is 0 Å². The Bertz CT molecular complexity index is 476. The van der Waals surface area contributed by atoms with Crippen molar-refractivity contribution in [3.05, 3.63) is 30.3 Å². The minimum Gasteiger partial charge on any atom is -0.207 e. The first-order valence-electron chi connectivity index (χ1n) is 4.95. The van der Waals surface area contributed by atoms with Crippen LogP contribution in [-0.4, -0.2) is 37.9 Å². The highest BCUT2D eigenvalue weighted by molar-refractivity contribution is 7.89. The first kappa shape index (κ1) is 15.3. The first-order chi connectivity index (χ1) is 8.27. The van der Waals surface area contributed by atoms with E-state index < -0.39 is 29.3 Å². The number of alkyl halides is 4. The topological polar surface area (TPSA) is 37.4 Å². The van der Waals surface area contributed by atoms with Gasteiger partial charge in [-0.2, -0.15) is 17.5 Å². The molecule has 0 heterocycles. The van der Waals surface area contributed by atoms with Gasteiger partial charge < -0.3 is 0 Å². The lowest BCUT2D eigenvalue weighted by atomic mass is 10.4. The predicted molar refractivity (Wildman–Crippen MR) is 62.0 cm³/mol. The normalized spacial score (nSPS) is 12.9. The summed E-state index contributed by atoms with van der Waals surface area (Å²) in [6.07, 6.45) is -4.60. The van der Waals surface area contributed by atoms with Crippen LogP contribution in [0.4, 0.5) is 13.2 Å². The number of hydrogen-bond acceptors (Lipinski definition) is 2. The van der Waals surface area contributed by atoms with Crippen molar-refractivity contribution in [3.8, 4) is 0 Å². The molecule has 1 rings (SSSR count). The summed E-state index contributed by atoms with van der Waals surface area (Å²) in [5.41, 5.74) is 0. The third-order valence-corrected chi connectivity index (χ3v) is 4.10. The van der Waals surface area contributed by atoms with Gasteiger partial charge in [0.1, 0.15) is 6.54 Å². The van der Waals surface area contributed by atoms with Crippen molar-refractivity contribution in [3.63, 3.8) is 0 Å². The zero-order chi connectivity index (χ0) is 13.8. The molecule has 3 nitrogen and oxygen atoms in total. The quantitative estimate of drug-likeness (QED) is 0.784. The molecule has 0 spiro atoms. The van der Waals surface area contributed by atoms with Crippen LogP contribution in [0.5, 0.6) is 0 Å². The van der Waals surface area contributed by atoms with Crippen LogP contribution in [0, 0.1) is 0 Å². The van der Waals surface area contributed by atoms with E-state index >= 15 is 0 Å². The van der Waals surface area contributed by atoms with Crippen LogP contribution in [-0.2, 0) is 10.0 Å². The molecule has 0 unspecified atom stereocenters. The summed E-state index contributed by atoms with van der Waals surface area (Å²) in [5.74, 6) is -0.206. The Morgan fingerprint density at radius 2 is 1.72 bits per heavy atom. The number of sulfonamides is 1. The summed E-state index contributed by atoms with van der Waals surface area (Å²) >= 11 is 5.35. The SMILES string of the molecule is O=S(=O)(c1ccccc1)N(CCCl)CC(F)(F)F. The smallest absolute Gasteiger partial charge is 0.207 e. The molecule has 1 aromatic carbocycles. The second kappa shape index (κ2) is 5.90. The molecule has 18 heavy (non-hydrogen) atoms. The van der Waals surface area contributed by atoms with Gasteiger partial charge in [0, 0.05) is 12.4 Å². The number of nitrogens with zero attached hydrogens (tertiary/aromatic N) is 1. The van der Waals surface area contributed by atoms with E-state index in [9.17, 15) is 21.6 Å². The third kappa shape index (κ3) is 4.15. The van der Waals surface area contributed by atoms with Crippen LogP contribution in [0.15, 0.2) is 35.2 Å². The molecule has 1 aromatic rings. The Kier molecular flexibility index (Phi) is 5.01. The maximum absolute atomic E-state index is 12.3. The maximum Gasteiger partial charge on any atom is 0.402 e. The fraction of sp³-hybridized carbons (Fsp3) is 0.400. The van der Waals surface area contributed by atoms with E-state index in [2.05, 4.69) is 0 Å². The van der Waals surface area contributed by atoms with Gasteiger partial charge in [0.15, 0.2) is 0 Å². The number of rotatable bonds is 5.